The fourth-order valence-electron chi connectivity index (χ4n) is 3.27. The van der Waals surface area contributed by atoms with Crippen molar-refractivity contribution in [3.8, 4) is 0 Å². The molecule has 0 bridgehead atoms. The number of piperazine rings is 1. The molecule has 1 aliphatic heterocycles. The van der Waals surface area contributed by atoms with E-state index in [4.69, 9.17) is 0 Å². The smallest absolute Gasteiger partial charge is 0.349 e. The van der Waals surface area contributed by atoms with Crippen molar-refractivity contribution >= 4 is 5.96 Å². The number of aromatic nitrogens is 3. The zero-order chi connectivity index (χ0) is 21.0. The molecule has 158 valence electrons. The first kappa shape index (κ1) is 21.1. The highest BCUT2D eigenvalue weighted by Gasteiger charge is 2.30. The predicted octanol–water partition coefficient (Wildman–Crippen LogP) is 2.04. The number of nitrogens with zero attached hydrogens (tertiary/aromatic N) is 6. The van der Waals surface area contributed by atoms with E-state index in [9.17, 15) is 13.2 Å². The minimum Gasteiger partial charge on any atom is -0.349 e. The van der Waals surface area contributed by atoms with E-state index in [1.165, 1.54) is 0 Å². The van der Waals surface area contributed by atoms with Crippen molar-refractivity contribution in [2.75, 3.05) is 33.2 Å². The van der Waals surface area contributed by atoms with Gasteiger partial charge in [-0.2, -0.15) is 13.2 Å². The van der Waals surface area contributed by atoms with Crippen molar-refractivity contribution in [2.24, 2.45) is 12.0 Å². The van der Waals surface area contributed by atoms with Gasteiger partial charge in [0, 0.05) is 46.8 Å². The molecule has 0 atom stereocenters. The van der Waals surface area contributed by atoms with E-state index in [-0.39, 0.29) is 0 Å². The number of aliphatic imine (C=N–C) groups is 1. The fourth-order valence-corrected chi connectivity index (χ4v) is 3.27. The first-order valence-corrected chi connectivity index (χ1v) is 9.47. The molecule has 1 aromatic carbocycles. The van der Waals surface area contributed by atoms with Gasteiger partial charge in [-0.3, -0.25) is 9.89 Å². The molecule has 10 heteroatoms. The molecule has 2 aromatic rings. The highest BCUT2D eigenvalue weighted by Crippen LogP contribution is 2.29. The summed E-state index contributed by atoms with van der Waals surface area (Å²) < 4.78 is 40.0. The molecule has 1 aromatic heterocycles. The van der Waals surface area contributed by atoms with E-state index in [0.29, 0.717) is 13.1 Å². The number of nitrogens with one attached hydrogen (secondary N) is 1. The van der Waals surface area contributed by atoms with Gasteiger partial charge in [0.1, 0.15) is 5.82 Å². The fraction of sp³-hybridized carbons (Fsp3) is 0.526. The Morgan fingerprint density at radius 2 is 1.76 bits per heavy atom. The van der Waals surface area contributed by atoms with Crippen LogP contribution in [0.15, 0.2) is 29.3 Å². The molecule has 0 aliphatic carbocycles. The van der Waals surface area contributed by atoms with Crippen molar-refractivity contribution in [2.45, 2.75) is 26.2 Å². The summed E-state index contributed by atoms with van der Waals surface area (Å²) in [5, 5.41) is 11.5. The van der Waals surface area contributed by atoms with Crippen LogP contribution >= 0.6 is 0 Å². The first-order valence-electron chi connectivity index (χ1n) is 9.47. The summed E-state index contributed by atoms with van der Waals surface area (Å²) in [6, 6.07) is 5.40. The minimum absolute atomic E-state index is 0.537. The second-order valence-corrected chi connectivity index (χ2v) is 7.08. The van der Waals surface area contributed by atoms with Crippen LogP contribution in [0.3, 0.4) is 0 Å². The number of benzene rings is 1. The summed E-state index contributed by atoms with van der Waals surface area (Å²) in [6.07, 6.45) is -4.29. The van der Waals surface area contributed by atoms with Crippen LogP contribution in [0.1, 0.15) is 22.8 Å². The maximum atomic E-state index is 12.7. The Morgan fingerprint density at radius 3 is 2.28 bits per heavy atom. The lowest BCUT2D eigenvalue weighted by atomic mass is 10.1. The molecule has 1 N–H and O–H groups in total. The van der Waals surface area contributed by atoms with Gasteiger partial charge in [0.05, 0.1) is 12.1 Å². The molecule has 3 rings (SSSR count). The Kier molecular flexibility index (Phi) is 6.41. The third-order valence-electron chi connectivity index (χ3n) is 5.16. The van der Waals surface area contributed by atoms with E-state index >= 15 is 0 Å². The third kappa shape index (κ3) is 5.26. The van der Waals surface area contributed by atoms with Crippen LogP contribution < -0.4 is 5.32 Å². The molecular formula is C19H26F3N7. The molecule has 0 spiro atoms. The van der Waals surface area contributed by atoms with Gasteiger partial charge in [0.15, 0.2) is 11.8 Å². The highest BCUT2D eigenvalue weighted by molar-refractivity contribution is 5.79. The van der Waals surface area contributed by atoms with Crippen LogP contribution in [0.25, 0.3) is 0 Å². The number of hydrogen-bond donors (Lipinski definition) is 1. The molecule has 1 aliphatic rings. The maximum Gasteiger partial charge on any atom is 0.416 e. The first-order chi connectivity index (χ1) is 13.8. The Balaban J connectivity index is 1.49. The van der Waals surface area contributed by atoms with Crippen LogP contribution in [-0.4, -0.2) is 63.8 Å². The molecule has 2 heterocycles. The normalized spacial score (nSPS) is 16.3. The lowest BCUT2D eigenvalue weighted by Gasteiger charge is -2.36. The SMILES string of the molecule is CN=C(NCc1nnc(C)n1C)N1CCN(Cc2ccc(C(F)(F)F)cc2)CC1. The second kappa shape index (κ2) is 8.81. The number of aryl methyl sites for hydroxylation is 1. The summed E-state index contributed by atoms with van der Waals surface area (Å²) in [6.45, 7) is 6.28. The van der Waals surface area contributed by atoms with Gasteiger partial charge in [0.2, 0.25) is 0 Å². The van der Waals surface area contributed by atoms with Crippen LogP contribution in [0.2, 0.25) is 0 Å². The second-order valence-electron chi connectivity index (χ2n) is 7.08. The van der Waals surface area contributed by atoms with Crippen molar-refractivity contribution < 1.29 is 13.2 Å². The summed E-state index contributed by atoms with van der Waals surface area (Å²) in [7, 11) is 3.67. The average molecular weight is 409 g/mol. The van der Waals surface area contributed by atoms with Crippen molar-refractivity contribution in [1.82, 2.24) is 29.9 Å². The largest absolute Gasteiger partial charge is 0.416 e. The molecule has 0 unspecified atom stereocenters. The molecule has 29 heavy (non-hydrogen) atoms. The number of alkyl halides is 3. The predicted molar refractivity (Wildman–Crippen MR) is 104 cm³/mol. The molecule has 1 saturated heterocycles. The monoisotopic (exact) mass is 409 g/mol. The zero-order valence-electron chi connectivity index (χ0n) is 16.9. The quantitative estimate of drug-likeness (QED) is 0.619. The van der Waals surface area contributed by atoms with Crippen LogP contribution in [0.5, 0.6) is 0 Å². The Labute approximate surface area is 168 Å². The Bertz CT molecular complexity index is 834. The molecule has 0 amide bonds. The lowest BCUT2D eigenvalue weighted by molar-refractivity contribution is -0.137. The van der Waals surface area contributed by atoms with Crippen molar-refractivity contribution in [3.05, 3.63) is 47.0 Å². The summed E-state index contributed by atoms with van der Waals surface area (Å²) in [4.78, 5) is 8.76. The number of hydrogen-bond acceptors (Lipinski definition) is 4. The van der Waals surface area contributed by atoms with Crippen LogP contribution in [0.4, 0.5) is 13.2 Å². The zero-order valence-corrected chi connectivity index (χ0v) is 16.9. The van der Waals surface area contributed by atoms with Gasteiger partial charge in [-0.1, -0.05) is 12.1 Å². The van der Waals surface area contributed by atoms with E-state index in [1.54, 1.807) is 19.2 Å². The number of rotatable bonds is 4. The molecule has 0 saturated carbocycles. The van der Waals surface area contributed by atoms with Gasteiger partial charge in [-0.15, -0.1) is 10.2 Å². The molecule has 7 nitrogen and oxygen atoms in total. The summed E-state index contributed by atoms with van der Waals surface area (Å²) in [5.74, 6) is 2.50. The van der Waals surface area contributed by atoms with Gasteiger partial charge < -0.3 is 14.8 Å². The van der Waals surface area contributed by atoms with E-state index < -0.39 is 11.7 Å². The molecular weight excluding hydrogens is 383 g/mol. The number of halogens is 3. The van der Waals surface area contributed by atoms with Crippen LogP contribution in [0, 0.1) is 6.92 Å². The minimum atomic E-state index is -4.29. The summed E-state index contributed by atoms with van der Waals surface area (Å²) >= 11 is 0. The van der Waals surface area contributed by atoms with Gasteiger partial charge >= 0.3 is 6.18 Å². The van der Waals surface area contributed by atoms with Crippen LogP contribution in [-0.2, 0) is 26.3 Å². The van der Waals surface area contributed by atoms with E-state index in [1.807, 2.05) is 18.5 Å². The highest BCUT2D eigenvalue weighted by atomic mass is 19.4. The van der Waals surface area contributed by atoms with E-state index in [2.05, 4.69) is 30.3 Å². The van der Waals surface area contributed by atoms with Gasteiger partial charge in [-0.25, -0.2) is 0 Å². The third-order valence-corrected chi connectivity index (χ3v) is 5.16. The topological polar surface area (TPSA) is 61.6 Å². The molecule has 0 radical (unpaired) electrons. The number of guanidine groups is 1. The molecule has 1 fully saturated rings. The maximum absolute atomic E-state index is 12.7. The Morgan fingerprint density at radius 1 is 1.10 bits per heavy atom. The lowest BCUT2D eigenvalue weighted by Crippen LogP contribution is -2.52. The summed E-state index contributed by atoms with van der Waals surface area (Å²) in [5.41, 5.74) is 0.269. The average Bonchev–Trinajstić information content (AvgIpc) is 3.01. The van der Waals surface area contributed by atoms with E-state index in [0.717, 1.165) is 61.5 Å². The Hall–Kier alpha value is -2.62. The standard InChI is InChI=1S/C19H26F3N7/c1-14-25-26-17(27(14)3)12-24-18(23-2)29-10-8-28(9-11-29)13-15-4-6-16(7-5-15)19(20,21)22/h4-7H,8-13H2,1-3H3,(H,23,24). The van der Waals surface area contributed by atoms with Crippen molar-refractivity contribution in [3.63, 3.8) is 0 Å². The van der Waals surface area contributed by atoms with Gasteiger partial charge in [0.25, 0.3) is 0 Å². The van der Waals surface area contributed by atoms with Gasteiger partial charge in [-0.05, 0) is 24.6 Å². The van der Waals surface area contributed by atoms with Crippen molar-refractivity contribution in [1.29, 1.82) is 0 Å².